The minimum atomic E-state index is 0.344. The van der Waals surface area contributed by atoms with Gasteiger partial charge < -0.3 is 9.30 Å². The Balaban J connectivity index is 1.61. The summed E-state index contributed by atoms with van der Waals surface area (Å²) in [6.45, 7) is 4.45. The monoisotopic (exact) mass is 405 g/mol. The van der Waals surface area contributed by atoms with E-state index in [-0.39, 0.29) is 0 Å². The van der Waals surface area contributed by atoms with Crippen LogP contribution >= 0.6 is 11.8 Å². The second-order valence-corrected chi connectivity index (χ2v) is 7.76. The van der Waals surface area contributed by atoms with Gasteiger partial charge in [-0.25, -0.2) is 4.98 Å². The van der Waals surface area contributed by atoms with E-state index in [2.05, 4.69) is 57.9 Å². The molecule has 0 atom stereocenters. The smallest absolute Gasteiger partial charge is 0.196 e. The third-order valence-electron chi connectivity index (χ3n) is 4.72. The molecule has 0 unspecified atom stereocenters. The summed E-state index contributed by atoms with van der Waals surface area (Å²) in [6, 6.07) is 16.3. The quantitative estimate of drug-likeness (QED) is 0.424. The molecule has 0 aliphatic carbocycles. The van der Waals surface area contributed by atoms with E-state index in [4.69, 9.17) is 4.74 Å². The second kappa shape index (κ2) is 8.53. The van der Waals surface area contributed by atoms with Crippen LogP contribution in [0.5, 0.6) is 5.75 Å². The van der Waals surface area contributed by atoms with E-state index < -0.39 is 0 Å². The van der Waals surface area contributed by atoms with Crippen LogP contribution in [0, 0.1) is 13.8 Å². The molecule has 2 heterocycles. The fraction of sp³-hybridized carbons (Fsp3) is 0.227. The van der Waals surface area contributed by atoms with Crippen LogP contribution < -0.4 is 4.74 Å². The SMILES string of the molecule is Cc1cccc(C)c1OCc1nnc(SCc2nccn2C)n1-c1ccccc1. The fourth-order valence-corrected chi connectivity index (χ4v) is 4.13. The van der Waals surface area contributed by atoms with Gasteiger partial charge >= 0.3 is 0 Å². The Kier molecular flexibility index (Phi) is 5.67. The molecule has 0 aliphatic rings. The third-order valence-corrected chi connectivity index (χ3v) is 5.65. The van der Waals surface area contributed by atoms with Crippen molar-refractivity contribution in [3.63, 3.8) is 0 Å². The number of nitrogens with zero attached hydrogens (tertiary/aromatic N) is 5. The molecule has 6 nitrogen and oxygen atoms in total. The van der Waals surface area contributed by atoms with Gasteiger partial charge in [0.1, 0.15) is 18.2 Å². The number of hydrogen-bond donors (Lipinski definition) is 0. The molecule has 0 fully saturated rings. The number of rotatable bonds is 7. The first-order chi connectivity index (χ1) is 14.1. The number of hydrogen-bond acceptors (Lipinski definition) is 5. The maximum Gasteiger partial charge on any atom is 0.196 e. The predicted octanol–water partition coefficient (Wildman–Crippen LogP) is 4.49. The van der Waals surface area contributed by atoms with E-state index in [0.717, 1.165) is 39.4 Å². The molecule has 0 spiro atoms. The van der Waals surface area contributed by atoms with Crippen molar-refractivity contribution < 1.29 is 4.74 Å². The molecule has 4 aromatic rings. The van der Waals surface area contributed by atoms with Crippen LogP contribution in [-0.2, 0) is 19.4 Å². The Hall–Kier alpha value is -3.06. The average Bonchev–Trinajstić information content (AvgIpc) is 3.32. The largest absolute Gasteiger partial charge is 0.485 e. The van der Waals surface area contributed by atoms with Crippen LogP contribution in [0.3, 0.4) is 0 Å². The maximum absolute atomic E-state index is 6.15. The van der Waals surface area contributed by atoms with Crippen molar-refractivity contribution in [3.05, 3.63) is 83.7 Å². The van der Waals surface area contributed by atoms with Gasteiger partial charge in [-0.2, -0.15) is 0 Å². The zero-order chi connectivity index (χ0) is 20.2. The van der Waals surface area contributed by atoms with E-state index >= 15 is 0 Å². The van der Waals surface area contributed by atoms with E-state index in [1.165, 1.54) is 0 Å². The summed E-state index contributed by atoms with van der Waals surface area (Å²) in [6.07, 6.45) is 3.75. The molecular weight excluding hydrogens is 382 g/mol. The topological polar surface area (TPSA) is 57.8 Å². The van der Waals surface area contributed by atoms with Gasteiger partial charge in [-0.3, -0.25) is 4.57 Å². The van der Waals surface area contributed by atoms with Crippen molar-refractivity contribution in [1.82, 2.24) is 24.3 Å². The summed E-state index contributed by atoms with van der Waals surface area (Å²) in [5.74, 6) is 3.37. The number of aromatic nitrogens is 5. The van der Waals surface area contributed by atoms with Crippen LogP contribution in [0.2, 0.25) is 0 Å². The first-order valence-electron chi connectivity index (χ1n) is 9.41. The minimum absolute atomic E-state index is 0.344. The molecule has 0 saturated heterocycles. The van der Waals surface area contributed by atoms with Gasteiger partial charge in [0.25, 0.3) is 0 Å². The number of ether oxygens (including phenoxy) is 1. The molecule has 2 aromatic heterocycles. The zero-order valence-corrected chi connectivity index (χ0v) is 17.6. The lowest BCUT2D eigenvalue weighted by molar-refractivity contribution is 0.289. The molecule has 29 heavy (non-hydrogen) atoms. The highest BCUT2D eigenvalue weighted by atomic mass is 32.2. The molecular formula is C22H23N5OS. The van der Waals surface area contributed by atoms with Crippen LogP contribution in [0.25, 0.3) is 5.69 Å². The molecule has 0 amide bonds. The average molecular weight is 406 g/mol. The lowest BCUT2D eigenvalue weighted by Gasteiger charge is -2.13. The summed E-state index contributed by atoms with van der Waals surface area (Å²) in [7, 11) is 1.99. The van der Waals surface area contributed by atoms with E-state index in [9.17, 15) is 0 Å². The zero-order valence-electron chi connectivity index (χ0n) is 16.7. The number of aryl methyl sites for hydroxylation is 3. The molecule has 0 N–H and O–H groups in total. The maximum atomic E-state index is 6.15. The lowest BCUT2D eigenvalue weighted by Crippen LogP contribution is -2.08. The fourth-order valence-electron chi connectivity index (χ4n) is 3.15. The minimum Gasteiger partial charge on any atom is -0.485 e. The van der Waals surface area contributed by atoms with E-state index in [0.29, 0.717) is 12.4 Å². The molecule has 2 aromatic carbocycles. The standard InChI is InChI=1S/C22H23N5OS/c1-16-8-7-9-17(2)21(16)28-14-19-24-25-22(27(19)18-10-5-4-6-11-18)29-15-20-23-12-13-26(20)3/h4-13H,14-15H2,1-3H3. The molecule has 0 saturated carbocycles. The van der Waals surface area contributed by atoms with Gasteiger partial charge in [-0.1, -0.05) is 48.2 Å². The molecule has 0 bridgehead atoms. The second-order valence-electron chi connectivity index (χ2n) is 6.82. The van der Waals surface area contributed by atoms with Crippen LogP contribution in [0.4, 0.5) is 0 Å². The van der Waals surface area contributed by atoms with Crippen LogP contribution in [0.15, 0.2) is 66.1 Å². The Morgan fingerprint density at radius 2 is 1.69 bits per heavy atom. The van der Waals surface area contributed by atoms with Crippen LogP contribution in [0.1, 0.15) is 22.8 Å². The van der Waals surface area contributed by atoms with Crippen molar-refractivity contribution >= 4 is 11.8 Å². The van der Waals surface area contributed by atoms with Crippen molar-refractivity contribution in [2.75, 3.05) is 0 Å². The number of thioether (sulfide) groups is 1. The summed E-state index contributed by atoms with van der Waals surface area (Å²) >= 11 is 1.61. The molecule has 0 aliphatic heterocycles. The summed E-state index contributed by atoms with van der Waals surface area (Å²) in [4.78, 5) is 4.40. The highest BCUT2D eigenvalue weighted by Gasteiger charge is 2.16. The third kappa shape index (κ3) is 4.19. The Bertz CT molecular complexity index is 1080. The Morgan fingerprint density at radius 3 is 2.38 bits per heavy atom. The molecule has 0 radical (unpaired) electrons. The van der Waals surface area contributed by atoms with Gasteiger partial charge in [0.15, 0.2) is 11.0 Å². The number of para-hydroxylation sites is 2. The van der Waals surface area contributed by atoms with Gasteiger partial charge in [-0.05, 0) is 37.1 Å². The predicted molar refractivity (Wildman–Crippen MR) is 114 cm³/mol. The summed E-state index contributed by atoms with van der Waals surface area (Å²) in [5, 5.41) is 9.69. The van der Waals surface area contributed by atoms with E-state index in [1.807, 2.05) is 48.3 Å². The normalized spacial score (nSPS) is 11.0. The van der Waals surface area contributed by atoms with Crippen molar-refractivity contribution in [3.8, 4) is 11.4 Å². The Morgan fingerprint density at radius 1 is 0.931 bits per heavy atom. The van der Waals surface area contributed by atoms with Crippen molar-refractivity contribution in [1.29, 1.82) is 0 Å². The first-order valence-corrected chi connectivity index (χ1v) is 10.4. The molecule has 148 valence electrons. The van der Waals surface area contributed by atoms with Gasteiger partial charge in [0.2, 0.25) is 0 Å². The van der Waals surface area contributed by atoms with Gasteiger partial charge in [0, 0.05) is 25.1 Å². The molecule has 7 heteroatoms. The van der Waals surface area contributed by atoms with Gasteiger partial charge in [0.05, 0.1) is 5.75 Å². The number of imidazole rings is 1. The highest BCUT2D eigenvalue weighted by Crippen LogP contribution is 2.27. The first kappa shape index (κ1) is 19.3. The Labute approximate surface area is 174 Å². The van der Waals surface area contributed by atoms with Crippen LogP contribution in [-0.4, -0.2) is 24.3 Å². The van der Waals surface area contributed by atoms with E-state index in [1.54, 1.807) is 11.8 Å². The molecule has 4 rings (SSSR count). The lowest BCUT2D eigenvalue weighted by atomic mass is 10.1. The van der Waals surface area contributed by atoms with Crippen molar-refractivity contribution in [2.45, 2.75) is 31.4 Å². The number of benzene rings is 2. The summed E-state index contributed by atoms with van der Waals surface area (Å²) < 4.78 is 10.2. The van der Waals surface area contributed by atoms with Crippen molar-refractivity contribution in [2.24, 2.45) is 7.05 Å². The summed E-state index contributed by atoms with van der Waals surface area (Å²) in [5.41, 5.74) is 3.24. The highest BCUT2D eigenvalue weighted by molar-refractivity contribution is 7.98. The van der Waals surface area contributed by atoms with Gasteiger partial charge in [-0.15, -0.1) is 10.2 Å².